The summed E-state index contributed by atoms with van der Waals surface area (Å²) in [4.78, 5) is 27.1. The van der Waals surface area contributed by atoms with Gasteiger partial charge < -0.3 is 4.57 Å². The van der Waals surface area contributed by atoms with Gasteiger partial charge in [-0.15, -0.1) is 0 Å². The first-order valence-electron chi connectivity index (χ1n) is 10.3. The summed E-state index contributed by atoms with van der Waals surface area (Å²) in [7, 11) is 0. The molecule has 162 valence electrons. The average Bonchev–Trinajstić information content (AvgIpc) is 3.05. The zero-order chi connectivity index (χ0) is 23.0. The van der Waals surface area contributed by atoms with Crippen molar-refractivity contribution in [1.82, 2.24) is 9.88 Å². The maximum Gasteiger partial charge on any atom is 0.270 e. The van der Waals surface area contributed by atoms with Crippen molar-refractivity contribution in [2.24, 2.45) is 0 Å². The van der Waals surface area contributed by atoms with Gasteiger partial charge >= 0.3 is 0 Å². The molecule has 1 N–H and O–H groups in total. The molecule has 0 unspecified atom stereocenters. The van der Waals surface area contributed by atoms with E-state index in [1.807, 2.05) is 32.0 Å². The minimum atomic E-state index is -0.558. The van der Waals surface area contributed by atoms with Crippen molar-refractivity contribution in [3.05, 3.63) is 88.5 Å². The number of nitrogens with one attached hydrogen (secondary N) is 1. The molecule has 0 spiro atoms. The Morgan fingerprint density at radius 2 is 1.75 bits per heavy atom. The molecule has 0 bridgehead atoms. The van der Waals surface area contributed by atoms with E-state index in [-0.39, 0.29) is 10.7 Å². The van der Waals surface area contributed by atoms with Crippen molar-refractivity contribution >= 4 is 40.9 Å². The van der Waals surface area contributed by atoms with Crippen molar-refractivity contribution in [3.63, 3.8) is 0 Å². The van der Waals surface area contributed by atoms with Crippen LogP contribution in [0.5, 0.6) is 0 Å². The standard InChI is InChI=1S/C25H22FN3O2S/c1-4-17-7-5-6-8-22(17)28-15(2)13-18(16(28)3)14-21-23(30)27-25(32)29(24(21)31)20-11-9-19(26)10-12-20/h5-14H,4H2,1-3H3,(H,27,30,32)/b21-14-. The fourth-order valence-corrected chi connectivity index (χ4v) is 4.25. The van der Waals surface area contributed by atoms with E-state index in [1.165, 1.54) is 34.7 Å². The predicted molar refractivity (Wildman–Crippen MR) is 127 cm³/mol. The fourth-order valence-electron chi connectivity index (χ4n) is 3.97. The molecule has 7 heteroatoms. The summed E-state index contributed by atoms with van der Waals surface area (Å²) in [5.41, 5.74) is 5.29. The lowest BCUT2D eigenvalue weighted by atomic mass is 10.1. The van der Waals surface area contributed by atoms with E-state index in [0.717, 1.165) is 29.1 Å². The molecular formula is C25H22FN3O2S. The van der Waals surface area contributed by atoms with E-state index in [2.05, 4.69) is 28.9 Å². The minimum absolute atomic E-state index is 0.0352. The Labute approximate surface area is 191 Å². The van der Waals surface area contributed by atoms with Crippen LogP contribution in [0, 0.1) is 19.7 Å². The first kappa shape index (κ1) is 21.6. The van der Waals surface area contributed by atoms with Crippen LogP contribution in [-0.2, 0) is 16.0 Å². The van der Waals surface area contributed by atoms with Crippen LogP contribution in [0.1, 0.15) is 29.4 Å². The first-order valence-corrected chi connectivity index (χ1v) is 10.7. The molecule has 32 heavy (non-hydrogen) atoms. The summed E-state index contributed by atoms with van der Waals surface area (Å²) in [6, 6.07) is 15.5. The molecule has 2 aromatic carbocycles. The van der Waals surface area contributed by atoms with Crippen LogP contribution in [0.15, 0.2) is 60.2 Å². The monoisotopic (exact) mass is 447 g/mol. The number of halogens is 1. The molecule has 0 radical (unpaired) electrons. The molecule has 4 rings (SSSR count). The quantitative estimate of drug-likeness (QED) is 0.361. The van der Waals surface area contributed by atoms with Crippen LogP contribution in [-0.4, -0.2) is 21.5 Å². The van der Waals surface area contributed by atoms with Gasteiger partial charge in [0.05, 0.1) is 5.69 Å². The van der Waals surface area contributed by atoms with E-state index in [4.69, 9.17) is 12.2 Å². The number of hydrogen-bond donors (Lipinski definition) is 1. The Morgan fingerprint density at radius 3 is 2.44 bits per heavy atom. The number of carbonyl (C=O) groups is 2. The highest BCUT2D eigenvalue weighted by Crippen LogP contribution is 2.27. The number of nitrogens with zero attached hydrogens (tertiary/aromatic N) is 2. The molecule has 1 saturated heterocycles. The highest BCUT2D eigenvalue weighted by atomic mass is 32.1. The van der Waals surface area contributed by atoms with E-state index in [1.54, 1.807) is 6.08 Å². The second-order valence-electron chi connectivity index (χ2n) is 7.58. The fraction of sp³-hybridized carbons (Fsp3) is 0.160. The maximum atomic E-state index is 13.3. The largest absolute Gasteiger partial charge is 0.318 e. The molecule has 1 aliphatic rings. The first-order chi connectivity index (χ1) is 15.3. The lowest BCUT2D eigenvalue weighted by Crippen LogP contribution is -2.54. The van der Waals surface area contributed by atoms with Gasteiger partial charge in [-0.05, 0) is 86.1 Å². The molecule has 2 heterocycles. The van der Waals surface area contributed by atoms with Gasteiger partial charge in [-0.25, -0.2) is 4.39 Å². The van der Waals surface area contributed by atoms with Gasteiger partial charge in [-0.3, -0.25) is 19.8 Å². The highest BCUT2D eigenvalue weighted by molar-refractivity contribution is 7.80. The Hall–Kier alpha value is -3.58. The van der Waals surface area contributed by atoms with Crippen LogP contribution in [0.25, 0.3) is 11.8 Å². The molecule has 3 aromatic rings. The van der Waals surface area contributed by atoms with Crippen LogP contribution >= 0.6 is 12.2 Å². The molecule has 0 atom stereocenters. The second-order valence-corrected chi connectivity index (χ2v) is 7.97. The normalized spacial score (nSPS) is 15.4. The molecule has 0 saturated carbocycles. The molecular weight excluding hydrogens is 425 g/mol. The molecule has 5 nitrogen and oxygen atoms in total. The van der Waals surface area contributed by atoms with Gasteiger partial charge in [-0.1, -0.05) is 25.1 Å². The average molecular weight is 448 g/mol. The third-order valence-electron chi connectivity index (χ3n) is 5.57. The summed E-state index contributed by atoms with van der Waals surface area (Å²) in [5, 5.41) is 2.53. The SMILES string of the molecule is CCc1ccccc1-n1c(C)cc(/C=C2/C(=O)NC(=S)N(c3ccc(F)cc3)C2=O)c1C. The number of carbonyl (C=O) groups excluding carboxylic acids is 2. The maximum absolute atomic E-state index is 13.3. The highest BCUT2D eigenvalue weighted by Gasteiger charge is 2.34. The number of anilines is 1. The molecule has 1 aromatic heterocycles. The summed E-state index contributed by atoms with van der Waals surface area (Å²) in [6.07, 6.45) is 2.47. The second kappa shape index (κ2) is 8.51. The Kier molecular flexibility index (Phi) is 5.76. The number of aryl methyl sites for hydroxylation is 2. The van der Waals surface area contributed by atoms with Gasteiger partial charge in [0.25, 0.3) is 11.8 Å². The van der Waals surface area contributed by atoms with E-state index < -0.39 is 17.6 Å². The van der Waals surface area contributed by atoms with E-state index in [9.17, 15) is 14.0 Å². The summed E-state index contributed by atoms with van der Waals surface area (Å²) < 4.78 is 15.5. The smallest absolute Gasteiger partial charge is 0.270 e. The zero-order valence-corrected chi connectivity index (χ0v) is 18.8. The third kappa shape index (κ3) is 3.76. The van der Waals surface area contributed by atoms with E-state index in [0.29, 0.717) is 5.69 Å². The van der Waals surface area contributed by atoms with Gasteiger partial charge in [0.1, 0.15) is 11.4 Å². The number of benzene rings is 2. The van der Waals surface area contributed by atoms with Crippen molar-refractivity contribution in [2.45, 2.75) is 27.2 Å². The molecule has 0 aliphatic carbocycles. The van der Waals surface area contributed by atoms with Crippen molar-refractivity contribution < 1.29 is 14.0 Å². The molecule has 2 amide bonds. The lowest BCUT2D eigenvalue weighted by Gasteiger charge is -2.28. The topological polar surface area (TPSA) is 54.3 Å². The van der Waals surface area contributed by atoms with Gasteiger partial charge in [-0.2, -0.15) is 0 Å². The van der Waals surface area contributed by atoms with E-state index >= 15 is 0 Å². The van der Waals surface area contributed by atoms with Crippen LogP contribution in [0.2, 0.25) is 0 Å². The molecule has 1 fully saturated rings. The zero-order valence-electron chi connectivity index (χ0n) is 18.0. The lowest BCUT2D eigenvalue weighted by molar-refractivity contribution is -0.122. The Balaban J connectivity index is 1.78. The third-order valence-corrected chi connectivity index (χ3v) is 5.85. The summed E-state index contributed by atoms with van der Waals surface area (Å²) in [5.74, 6) is -1.54. The Morgan fingerprint density at radius 1 is 1.06 bits per heavy atom. The number of rotatable bonds is 4. The van der Waals surface area contributed by atoms with Crippen molar-refractivity contribution in [1.29, 1.82) is 0 Å². The van der Waals surface area contributed by atoms with Crippen LogP contribution in [0.4, 0.5) is 10.1 Å². The Bertz CT molecular complexity index is 1270. The van der Waals surface area contributed by atoms with Crippen LogP contribution < -0.4 is 10.2 Å². The predicted octanol–water partition coefficient (Wildman–Crippen LogP) is 4.63. The van der Waals surface area contributed by atoms with Crippen molar-refractivity contribution in [2.75, 3.05) is 4.90 Å². The number of aromatic nitrogens is 1. The summed E-state index contributed by atoms with van der Waals surface area (Å²) >= 11 is 5.20. The van der Waals surface area contributed by atoms with Crippen LogP contribution in [0.3, 0.4) is 0 Å². The van der Waals surface area contributed by atoms with Gasteiger partial charge in [0, 0.05) is 17.1 Å². The number of para-hydroxylation sites is 1. The number of amides is 2. The molecule has 1 aliphatic heterocycles. The number of thiocarbonyl (C=S) groups is 1. The number of hydrogen-bond acceptors (Lipinski definition) is 3. The minimum Gasteiger partial charge on any atom is -0.318 e. The van der Waals surface area contributed by atoms with Gasteiger partial charge in [0.15, 0.2) is 5.11 Å². The summed E-state index contributed by atoms with van der Waals surface area (Å²) in [6.45, 7) is 6.05. The van der Waals surface area contributed by atoms with Gasteiger partial charge in [0.2, 0.25) is 0 Å². The van der Waals surface area contributed by atoms with Crippen molar-refractivity contribution in [3.8, 4) is 5.69 Å².